The Morgan fingerprint density at radius 1 is 1.05 bits per heavy atom. The second-order valence-electron chi connectivity index (χ2n) is 5.93. The van der Waals surface area contributed by atoms with Crippen LogP contribution in [0.25, 0.3) is 0 Å². The van der Waals surface area contributed by atoms with Gasteiger partial charge in [0.05, 0.1) is 7.11 Å². The first kappa shape index (κ1) is 14.2. The summed E-state index contributed by atoms with van der Waals surface area (Å²) < 4.78 is 5.34. The van der Waals surface area contributed by atoms with Gasteiger partial charge in [-0.3, -0.25) is 4.90 Å². The van der Waals surface area contributed by atoms with Crippen LogP contribution >= 0.6 is 0 Å². The van der Waals surface area contributed by atoms with E-state index in [1.807, 2.05) is 0 Å². The van der Waals surface area contributed by atoms with Crippen LogP contribution in [0.4, 0.5) is 0 Å². The summed E-state index contributed by atoms with van der Waals surface area (Å²) in [5.41, 5.74) is 5.62. The lowest BCUT2D eigenvalue weighted by Crippen LogP contribution is -2.22. The van der Waals surface area contributed by atoms with Crippen molar-refractivity contribution in [3.63, 3.8) is 0 Å². The van der Waals surface area contributed by atoms with Crippen molar-refractivity contribution in [2.75, 3.05) is 13.7 Å². The predicted molar refractivity (Wildman–Crippen MR) is 86.6 cm³/mol. The van der Waals surface area contributed by atoms with Gasteiger partial charge in [-0.2, -0.15) is 0 Å². The first-order valence-electron chi connectivity index (χ1n) is 7.68. The van der Waals surface area contributed by atoms with Crippen LogP contribution in [-0.4, -0.2) is 18.6 Å². The van der Waals surface area contributed by atoms with Gasteiger partial charge in [0.2, 0.25) is 0 Å². The highest BCUT2D eigenvalue weighted by Gasteiger charge is 2.15. The van der Waals surface area contributed by atoms with Gasteiger partial charge in [-0.15, -0.1) is 0 Å². The first-order chi connectivity index (χ1) is 10.2. The van der Waals surface area contributed by atoms with Gasteiger partial charge < -0.3 is 4.74 Å². The fourth-order valence-corrected chi connectivity index (χ4v) is 3.02. The summed E-state index contributed by atoms with van der Waals surface area (Å²) >= 11 is 0. The number of hydrogen-bond donors (Lipinski definition) is 0. The van der Waals surface area contributed by atoms with Crippen LogP contribution in [0.3, 0.4) is 0 Å². The van der Waals surface area contributed by atoms with Crippen molar-refractivity contribution < 1.29 is 4.74 Å². The zero-order chi connectivity index (χ0) is 14.7. The SMILES string of the molecule is COc1ccc2c(c1)CCCN(Cc1ccc(C)cc1)C2. The highest BCUT2D eigenvalue weighted by Crippen LogP contribution is 2.24. The molecule has 1 aliphatic heterocycles. The van der Waals surface area contributed by atoms with Gasteiger partial charge in [0.1, 0.15) is 5.75 Å². The van der Waals surface area contributed by atoms with Crippen LogP contribution < -0.4 is 4.74 Å². The van der Waals surface area contributed by atoms with Gasteiger partial charge in [0.15, 0.2) is 0 Å². The maximum absolute atomic E-state index is 5.34. The van der Waals surface area contributed by atoms with E-state index in [0.717, 1.165) is 31.8 Å². The minimum Gasteiger partial charge on any atom is -0.497 e. The molecule has 3 rings (SSSR count). The summed E-state index contributed by atoms with van der Waals surface area (Å²) in [5, 5.41) is 0. The van der Waals surface area contributed by atoms with E-state index in [-0.39, 0.29) is 0 Å². The van der Waals surface area contributed by atoms with Crippen LogP contribution in [-0.2, 0) is 19.5 Å². The molecule has 1 aliphatic rings. The molecule has 2 aromatic rings. The summed E-state index contributed by atoms with van der Waals surface area (Å²) in [6, 6.07) is 15.4. The van der Waals surface area contributed by atoms with E-state index in [9.17, 15) is 0 Å². The van der Waals surface area contributed by atoms with E-state index in [1.54, 1.807) is 7.11 Å². The zero-order valence-corrected chi connectivity index (χ0v) is 12.9. The van der Waals surface area contributed by atoms with Crippen molar-refractivity contribution in [2.45, 2.75) is 32.9 Å². The molecule has 0 unspecified atom stereocenters. The van der Waals surface area contributed by atoms with Gasteiger partial charge >= 0.3 is 0 Å². The van der Waals surface area contributed by atoms with Crippen LogP contribution in [0.5, 0.6) is 5.75 Å². The van der Waals surface area contributed by atoms with Crippen molar-refractivity contribution in [1.29, 1.82) is 0 Å². The summed E-state index contributed by atoms with van der Waals surface area (Å²) in [6.45, 7) is 5.36. The lowest BCUT2D eigenvalue weighted by atomic mass is 10.0. The molecule has 0 bridgehead atoms. The average molecular weight is 281 g/mol. The summed E-state index contributed by atoms with van der Waals surface area (Å²) in [6.07, 6.45) is 2.36. The molecule has 2 nitrogen and oxygen atoms in total. The Balaban J connectivity index is 1.74. The third kappa shape index (κ3) is 3.45. The molecule has 0 atom stereocenters. The predicted octanol–water partition coefficient (Wildman–Crippen LogP) is 3.95. The van der Waals surface area contributed by atoms with E-state index in [1.165, 1.54) is 28.7 Å². The van der Waals surface area contributed by atoms with Gasteiger partial charge in [0.25, 0.3) is 0 Å². The third-order valence-electron chi connectivity index (χ3n) is 4.25. The number of ether oxygens (including phenoxy) is 1. The topological polar surface area (TPSA) is 12.5 Å². The largest absolute Gasteiger partial charge is 0.497 e. The second-order valence-corrected chi connectivity index (χ2v) is 5.93. The number of rotatable bonds is 3. The molecule has 0 spiro atoms. The first-order valence-corrected chi connectivity index (χ1v) is 7.68. The monoisotopic (exact) mass is 281 g/mol. The van der Waals surface area contributed by atoms with E-state index in [0.29, 0.717) is 0 Å². The Morgan fingerprint density at radius 3 is 2.62 bits per heavy atom. The molecule has 0 fully saturated rings. The van der Waals surface area contributed by atoms with E-state index < -0.39 is 0 Å². The molecular weight excluding hydrogens is 258 g/mol. The molecular formula is C19H23NO. The summed E-state index contributed by atoms with van der Waals surface area (Å²) in [7, 11) is 1.74. The van der Waals surface area contributed by atoms with E-state index >= 15 is 0 Å². The molecule has 0 radical (unpaired) electrons. The lowest BCUT2D eigenvalue weighted by molar-refractivity contribution is 0.261. The third-order valence-corrected chi connectivity index (χ3v) is 4.25. The average Bonchev–Trinajstić information content (AvgIpc) is 2.70. The maximum Gasteiger partial charge on any atom is 0.119 e. The van der Waals surface area contributed by atoms with Gasteiger partial charge in [0, 0.05) is 13.1 Å². The molecule has 1 heterocycles. The van der Waals surface area contributed by atoms with Gasteiger partial charge in [-0.25, -0.2) is 0 Å². The number of nitrogens with zero attached hydrogens (tertiary/aromatic N) is 1. The van der Waals surface area contributed by atoms with Crippen molar-refractivity contribution in [3.05, 3.63) is 64.7 Å². The molecule has 0 saturated carbocycles. The number of fused-ring (bicyclic) bond motifs is 1. The fraction of sp³-hybridized carbons (Fsp3) is 0.368. The van der Waals surface area contributed by atoms with Gasteiger partial charge in [-0.1, -0.05) is 35.9 Å². The fourth-order valence-electron chi connectivity index (χ4n) is 3.02. The number of hydrogen-bond acceptors (Lipinski definition) is 2. The van der Waals surface area contributed by atoms with E-state index in [2.05, 4.69) is 54.3 Å². The van der Waals surface area contributed by atoms with Crippen molar-refractivity contribution in [1.82, 2.24) is 4.90 Å². The standard InChI is InChI=1S/C19H23NO/c1-15-5-7-16(8-6-15)13-20-11-3-4-17-12-19(21-2)10-9-18(17)14-20/h5-10,12H,3-4,11,13-14H2,1-2H3. The molecule has 110 valence electrons. The summed E-state index contributed by atoms with van der Waals surface area (Å²) in [5.74, 6) is 0.973. The molecule has 21 heavy (non-hydrogen) atoms. The maximum atomic E-state index is 5.34. The van der Waals surface area contributed by atoms with E-state index in [4.69, 9.17) is 4.74 Å². The Morgan fingerprint density at radius 2 is 1.86 bits per heavy atom. The van der Waals surface area contributed by atoms with Crippen LogP contribution in [0.15, 0.2) is 42.5 Å². The van der Waals surface area contributed by atoms with Crippen molar-refractivity contribution >= 4 is 0 Å². The zero-order valence-electron chi connectivity index (χ0n) is 12.9. The van der Waals surface area contributed by atoms with Crippen LogP contribution in [0, 0.1) is 6.92 Å². The second kappa shape index (κ2) is 6.31. The van der Waals surface area contributed by atoms with Crippen molar-refractivity contribution in [2.24, 2.45) is 0 Å². The molecule has 0 amide bonds. The lowest BCUT2D eigenvalue weighted by Gasteiger charge is -2.20. The Labute approximate surface area is 127 Å². The smallest absolute Gasteiger partial charge is 0.119 e. The minimum absolute atomic E-state index is 0.973. The minimum atomic E-state index is 0.973. The quantitative estimate of drug-likeness (QED) is 0.844. The molecule has 0 aromatic heterocycles. The molecule has 2 heteroatoms. The number of benzene rings is 2. The van der Waals surface area contributed by atoms with Crippen LogP contribution in [0.1, 0.15) is 28.7 Å². The molecule has 2 aromatic carbocycles. The number of aryl methyl sites for hydroxylation is 2. The van der Waals surface area contributed by atoms with Crippen molar-refractivity contribution in [3.8, 4) is 5.75 Å². The number of methoxy groups -OCH3 is 1. The summed E-state index contributed by atoms with van der Waals surface area (Å²) in [4.78, 5) is 2.54. The van der Waals surface area contributed by atoms with Crippen LogP contribution in [0.2, 0.25) is 0 Å². The van der Waals surface area contributed by atoms with Gasteiger partial charge in [-0.05, 0) is 55.1 Å². The Bertz CT molecular complexity index is 603. The molecule has 0 N–H and O–H groups in total. The Hall–Kier alpha value is -1.80. The molecule has 0 aliphatic carbocycles. The molecule has 0 saturated heterocycles. The normalized spacial score (nSPS) is 15.3. The Kier molecular flexibility index (Phi) is 4.26. The highest BCUT2D eigenvalue weighted by atomic mass is 16.5. The highest BCUT2D eigenvalue weighted by molar-refractivity contribution is 5.36.